The maximum absolute atomic E-state index is 13.9. The third kappa shape index (κ3) is 3.57. The van der Waals surface area contributed by atoms with Crippen molar-refractivity contribution in [2.45, 2.75) is 26.2 Å². The van der Waals surface area contributed by atoms with E-state index in [1.165, 1.54) is 11.0 Å². The van der Waals surface area contributed by atoms with Gasteiger partial charge in [-0.15, -0.1) is 0 Å². The molecule has 3 aliphatic carbocycles. The van der Waals surface area contributed by atoms with Crippen LogP contribution in [0.15, 0.2) is 88.7 Å². The SMILES string of the molecule is CC1=CC(=O)C2=C(C1=O)C(C1=COc3ccc(O)cc3C1)C1=CCC3C(=O)N(c4ccc(Cl)cc4)C(=O)C3C1C2. The van der Waals surface area contributed by atoms with Crippen LogP contribution in [0, 0.1) is 23.7 Å². The molecule has 2 aliphatic heterocycles. The Morgan fingerprint density at radius 1 is 1.00 bits per heavy atom. The number of imide groups is 1. The Hall–Kier alpha value is -4.23. The van der Waals surface area contributed by atoms with Crippen molar-refractivity contribution in [2.75, 3.05) is 4.90 Å². The summed E-state index contributed by atoms with van der Waals surface area (Å²) < 4.78 is 5.93. The van der Waals surface area contributed by atoms with E-state index in [2.05, 4.69) is 0 Å². The second-order valence-electron chi connectivity index (χ2n) is 11.0. The summed E-state index contributed by atoms with van der Waals surface area (Å²) in [5, 5.41) is 10.6. The van der Waals surface area contributed by atoms with Crippen LogP contribution < -0.4 is 9.64 Å². The fraction of sp³-hybridized carbons (Fsp3) is 0.250. The van der Waals surface area contributed by atoms with Crippen LogP contribution in [0.5, 0.6) is 11.5 Å². The fourth-order valence-electron chi connectivity index (χ4n) is 7.02. The first-order valence-corrected chi connectivity index (χ1v) is 13.6. The molecule has 2 aromatic rings. The van der Waals surface area contributed by atoms with Crippen molar-refractivity contribution in [2.24, 2.45) is 23.7 Å². The van der Waals surface area contributed by atoms with Crippen LogP contribution in [0.25, 0.3) is 0 Å². The molecule has 1 N–H and O–H groups in total. The lowest BCUT2D eigenvalue weighted by Crippen LogP contribution is -2.41. The predicted octanol–water partition coefficient (Wildman–Crippen LogP) is 5.03. The van der Waals surface area contributed by atoms with E-state index in [-0.39, 0.29) is 35.6 Å². The van der Waals surface area contributed by atoms with Gasteiger partial charge in [-0.05, 0) is 79.8 Å². The van der Waals surface area contributed by atoms with E-state index in [0.717, 1.165) is 16.7 Å². The van der Waals surface area contributed by atoms with E-state index in [9.17, 15) is 24.3 Å². The van der Waals surface area contributed by atoms with Crippen LogP contribution in [-0.2, 0) is 25.6 Å². The number of aromatic hydroxyl groups is 1. The second-order valence-corrected chi connectivity index (χ2v) is 11.4. The number of amides is 2. The molecule has 4 unspecified atom stereocenters. The lowest BCUT2D eigenvalue weighted by atomic mass is 9.58. The number of rotatable bonds is 2. The number of halogens is 1. The van der Waals surface area contributed by atoms with Gasteiger partial charge in [0.1, 0.15) is 11.5 Å². The summed E-state index contributed by atoms with van der Waals surface area (Å²) in [4.78, 5) is 55.6. The van der Waals surface area contributed by atoms with Gasteiger partial charge in [-0.3, -0.25) is 24.1 Å². The molecular formula is C32H24ClNO6. The van der Waals surface area contributed by atoms with Crippen molar-refractivity contribution in [3.63, 3.8) is 0 Å². The number of anilines is 1. The minimum atomic E-state index is -0.656. The van der Waals surface area contributed by atoms with Gasteiger partial charge < -0.3 is 9.84 Å². The number of nitrogens with zero attached hydrogens (tertiary/aromatic N) is 1. The zero-order valence-corrected chi connectivity index (χ0v) is 22.3. The lowest BCUT2D eigenvalue weighted by Gasteiger charge is -2.43. The average molecular weight is 554 g/mol. The normalized spacial score (nSPS) is 27.2. The Bertz CT molecular complexity index is 1680. The Balaban J connectivity index is 1.33. The van der Waals surface area contributed by atoms with E-state index < -0.39 is 23.7 Å². The molecule has 2 aromatic carbocycles. The van der Waals surface area contributed by atoms with Gasteiger partial charge in [0, 0.05) is 39.6 Å². The Kier molecular flexibility index (Phi) is 5.51. The predicted molar refractivity (Wildman–Crippen MR) is 147 cm³/mol. The maximum atomic E-state index is 13.9. The summed E-state index contributed by atoms with van der Waals surface area (Å²) in [6.07, 6.45) is 5.95. The standard InChI is InChI=1S/C32H24ClNO6/c1-15-10-25(36)24-13-23-21(7-8-22-28(23)32(39)34(31(22)38)19-4-2-18(33)3-5-19)27(29(24)30(15)37)17-11-16-12-20(35)6-9-26(16)40-14-17/h2-7,9-10,12,14,22-23,27-28,35H,8,11,13H2,1H3. The highest BCUT2D eigenvalue weighted by Crippen LogP contribution is 2.55. The number of carbonyl (C=O) groups is 4. The monoisotopic (exact) mass is 553 g/mol. The average Bonchev–Trinajstić information content (AvgIpc) is 3.20. The summed E-state index contributed by atoms with van der Waals surface area (Å²) in [6, 6.07) is 11.5. The molecule has 200 valence electrons. The summed E-state index contributed by atoms with van der Waals surface area (Å²) >= 11 is 6.04. The molecule has 5 aliphatic rings. The summed E-state index contributed by atoms with van der Waals surface area (Å²) in [7, 11) is 0. The number of allylic oxidation sites excluding steroid dienone is 7. The summed E-state index contributed by atoms with van der Waals surface area (Å²) in [5.41, 5.74) is 4.06. The number of hydrogen-bond donors (Lipinski definition) is 1. The first-order valence-electron chi connectivity index (χ1n) is 13.2. The molecule has 0 saturated carbocycles. The first-order chi connectivity index (χ1) is 19.2. The number of ketones is 2. The molecule has 7 rings (SSSR count). The van der Waals surface area contributed by atoms with E-state index in [1.807, 2.05) is 6.08 Å². The Morgan fingerprint density at radius 2 is 1.77 bits per heavy atom. The van der Waals surface area contributed by atoms with Crippen molar-refractivity contribution in [1.29, 1.82) is 0 Å². The number of hydrogen-bond acceptors (Lipinski definition) is 6. The Labute approximate surface area is 235 Å². The molecule has 0 radical (unpaired) electrons. The molecule has 0 aromatic heterocycles. The lowest BCUT2D eigenvalue weighted by molar-refractivity contribution is -0.123. The van der Waals surface area contributed by atoms with Crippen LogP contribution in [0.1, 0.15) is 25.3 Å². The zero-order valence-electron chi connectivity index (χ0n) is 21.5. The van der Waals surface area contributed by atoms with E-state index >= 15 is 0 Å². The first kappa shape index (κ1) is 24.8. The molecule has 2 amide bonds. The largest absolute Gasteiger partial charge is 0.508 e. The number of benzene rings is 2. The van der Waals surface area contributed by atoms with Gasteiger partial charge in [0.05, 0.1) is 23.8 Å². The molecule has 0 spiro atoms. The van der Waals surface area contributed by atoms with Gasteiger partial charge in [-0.1, -0.05) is 23.3 Å². The van der Waals surface area contributed by atoms with E-state index in [1.54, 1.807) is 55.7 Å². The Morgan fingerprint density at radius 3 is 2.55 bits per heavy atom. The molecular weight excluding hydrogens is 530 g/mol. The highest BCUT2D eigenvalue weighted by molar-refractivity contribution is 6.31. The number of fused-ring (bicyclic) bond motifs is 4. The molecule has 7 nitrogen and oxygen atoms in total. The topological polar surface area (TPSA) is 101 Å². The van der Waals surface area contributed by atoms with Crippen molar-refractivity contribution in [1.82, 2.24) is 0 Å². The van der Waals surface area contributed by atoms with Crippen LogP contribution in [0.4, 0.5) is 5.69 Å². The number of phenols is 1. The summed E-state index contributed by atoms with van der Waals surface area (Å²) in [6.45, 7) is 1.64. The highest BCUT2D eigenvalue weighted by atomic mass is 35.5. The van der Waals surface area contributed by atoms with Crippen LogP contribution >= 0.6 is 11.6 Å². The smallest absolute Gasteiger partial charge is 0.238 e. The molecule has 1 fully saturated rings. The fourth-order valence-corrected chi connectivity index (χ4v) is 7.14. The zero-order chi connectivity index (χ0) is 27.9. The van der Waals surface area contributed by atoms with E-state index in [0.29, 0.717) is 46.0 Å². The van der Waals surface area contributed by atoms with Gasteiger partial charge in [0.15, 0.2) is 11.6 Å². The molecule has 40 heavy (non-hydrogen) atoms. The molecule has 8 heteroatoms. The number of phenolic OH excluding ortho intramolecular Hbond substituents is 1. The van der Waals surface area contributed by atoms with Gasteiger partial charge in [-0.2, -0.15) is 0 Å². The number of Topliss-reactive ketones (excluding diaryl/α,β-unsaturated/α-hetero) is 1. The number of ether oxygens (including phenoxy) is 1. The van der Waals surface area contributed by atoms with Gasteiger partial charge >= 0.3 is 0 Å². The van der Waals surface area contributed by atoms with Crippen LogP contribution in [0.2, 0.25) is 5.02 Å². The maximum Gasteiger partial charge on any atom is 0.238 e. The molecule has 1 saturated heterocycles. The van der Waals surface area contributed by atoms with Crippen molar-refractivity contribution in [3.05, 3.63) is 99.3 Å². The molecule has 0 bridgehead atoms. The second kappa shape index (κ2) is 8.89. The quantitative estimate of drug-likeness (QED) is 0.318. The van der Waals surface area contributed by atoms with Gasteiger partial charge in [0.2, 0.25) is 11.8 Å². The van der Waals surface area contributed by atoms with Gasteiger partial charge in [-0.25, -0.2) is 0 Å². The van der Waals surface area contributed by atoms with Crippen molar-refractivity contribution < 1.29 is 29.0 Å². The van der Waals surface area contributed by atoms with Crippen LogP contribution in [0.3, 0.4) is 0 Å². The minimum Gasteiger partial charge on any atom is -0.508 e. The molecule has 2 heterocycles. The van der Waals surface area contributed by atoms with Crippen molar-refractivity contribution in [3.8, 4) is 11.5 Å². The number of carbonyl (C=O) groups excluding carboxylic acids is 4. The molecule has 4 atom stereocenters. The third-order valence-electron chi connectivity index (χ3n) is 8.80. The highest BCUT2D eigenvalue weighted by Gasteiger charge is 2.57. The van der Waals surface area contributed by atoms with Crippen LogP contribution in [-0.4, -0.2) is 28.5 Å². The minimum absolute atomic E-state index is 0.102. The van der Waals surface area contributed by atoms with E-state index in [4.69, 9.17) is 16.3 Å². The van der Waals surface area contributed by atoms with Crippen molar-refractivity contribution >= 4 is 40.7 Å². The summed E-state index contributed by atoms with van der Waals surface area (Å²) in [5.74, 6) is -2.50. The van der Waals surface area contributed by atoms with Gasteiger partial charge in [0.25, 0.3) is 0 Å². The third-order valence-corrected chi connectivity index (χ3v) is 9.05.